The molecular weight excluding hydrogens is 336 g/mol. The van der Waals surface area contributed by atoms with Gasteiger partial charge in [-0.3, -0.25) is 14.9 Å². The molecule has 132 valence electrons. The maximum absolute atomic E-state index is 12.1. The van der Waals surface area contributed by atoms with Gasteiger partial charge in [0.25, 0.3) is 11.6 Å². The average Bonchev–Trinajstić information content (AvgIpc) is 3.16. The third-order valence-corrected chi connectivity index (χ3v) is 3.62. The van der Waals surface area contributed by atoms with E-state index in [0.717, 1.165) is 11.3 Å². The number of nitrogens with zero attached hydrogens (tertiary/aromatic N) is 2. The Bertz CT molecular complexity index is 891. The molecule has 0 saturated carbocycles. The van der Waals surface area contributed by atoms with Crippen LogP contribution in [0.3, 0.4) is 0 Å². The van der Waals surface area contributed by atoms with Gasteiger partial charge >= 0.3 is 0 Å². The molecule has 0 fully saturated rings. The number of anilines is 1. The minimum Gasteiger partial charge on any atom is -0.383 e. The lowest BCUT2D eigenvalue weighted by Gasteiger charge is -2.06. The highest BCUT2D eigenvalue weighted by Crippen LogP contribution is 2.19. The van der Waals surface area contributed by atoms with Gasteiger partial charge in [-0.1, -0.05) is 35.5 Å². The highest BCUT2D eigenvalue weighted by Gasteiger charge is 2.13. The zero-order valence-corrected chi connectivity index (χ0v) is 13.7. The Morgan fingerprint density at radius 1 is 1.08 bits per heavy atom. The maximum Gasteiger partial charge on any atom is 0.273 e. The van der Waals surface area contributed by atoms with Crippen molar-refractivity contribution in [3.8, 4) is 11.3 Å². The molecule has 1 aromatic heterocycles. The van der Waals surface area contributed by atoms with E-state index >= 15 is 0 Å². The number of non-ortho nitro benzene ring substituents is 1. The predicted octanol–water partition coefficient (Wildman–Crippen LogP) is 3.09. The van der Waals surface area contributed by atoms with E-state index in [2.05, 4.69) is 15.8 Å². The third kappa shape index (κ3) is 4.23. The van der Waals surface area contributed by atoms with Crippen LogP contribution in [0.4, 0.5) is 11.4 Å². The lowest BCUT2D eigenvalue weighted by atomic mass is 10.1. The molecule has 0 unspecified atom stereocenters. The summed E-state index contributed by atoms with van der Waals surface area (Å²) in [5.74, 6) is 0.196. The van der Waals surface area contributed by atoms with E-state index in [0.29, 0.717) is 18.8 Å². The van der Waals surface area contributed by atoms with Gasteiger partial charge in [-0.25, -0.2) is 0 Å². The van der Waals surface area contributed by atoms with E-state index in [1.54, 1.807) is 18.2 Å². The van der Waals surface area contributed by atoms with Crippen molar-refractivity contribution in [1.29, 1.82) is 0 Å². The zero-order chi connectivity index (χ0) is 18.4. The maximum atomic E-state index is 12.1. The van der Waals surface area contributed by atoms with E-state index in [9.17, 15) is 14.9 Å². The summed E-state index contributed by atoms with van der Waals surface area (Å²) in [6, 6.07) is 17.0. The fraction of sp³-hybridized carbons (Fsp3) is 0.111. The molecule has 0 aliphatic heterocycles. The molecule has 0 atom stereocenters. The summed E-state index contributed by atoms with van der Waals surface area (Å²) in [4.78, 5) is 22.2. The molecule has 0 aliphatic rings. The Hall–Kier alpha value is -3.68. The summed E-state index contributed by atoms with van der Waals surface area (Å²) >= 11 is 0. The van der Waals surface area contributed by atoms with Crippen LogP contribution in [0.5, 0.6) is 0 Å². The van der Waals surface area contributed by atoms with Crippen LogP contribution < -0.4 is 10.6 Å². The van der Waals surface area contributed by atoms with Crippen molar-refractivity contribution in [1.82, 2.24) is 10.5 Å². The second kappa shape index (κ2) is 7.93. The summed E-state index contributed by atoms with van der Waals surface area (Å²) in [5.41, 5.74) is 1.82. The van der Waals surface area contributed by atoms with Crippen LogP contribution in [0, 0.1) is 10.1 Å². The van der Waals surface area contributed by atoms with Crippen LogP contribution in [0.15, 0.2) is 65.2 Å². The Balaban J connectivity index is 1.47. The Kier molecular flexibility index (Phi) is 5.23. The Morgan fingerprint density at radius 2 is 1.81 bits per heavy atom. The number of nitro benzene ring substituents is 1. The molecule has 0 radical (unpaired) electrons. The average molecular weight is 352 g/mol. The van der Waals surface area contributed by atoms with Gasteiger partial charge in [0, 0.05) is 42.5 Å². The highest BCUT2D eigenvalue weighted by molar-refractivity contribution is 5.93. The molecule has 0 saturated heterocycles. The number of carbonyl (C=O) groups is 1. The van der Waals surface area contributed by atoms with Gasteiger partial charge in [0.1, 0.15) is 0 Å². The molecule has 1 heterocycles. The van der Waals surface area contributed by atoms with E-state index in [1.807, 2.05) is 30.3 Å². The van der Waals surface area contributed by atoms with Gasteiger partial charge in [-0.2, -0.15) is 0 Å². The molecule has 2 aromatic carbocycles. The minimum atomic E-state index is -0.453. The normalized spacial score (nSPS) is 10.3. The number of hydrogen-bond donors (Lipinski definition) is 2. The number of benzene rings is 2. The van der Waals surface area contributed by atoms with Gasteiger partial charge in [-0.15, -0.1) is 0 Å². The zero-order valence-electron chi connectivity index (χ0n) is 13.7. The topological polar surface area (TPSA) is 110 Å². The van der Waals surface area contributed by atoms with E-state index in [1.165, 1.54) is 12.1 Å². The predicted molar refractivity (Wildman–Crippen MR) is 95.9 cm³/mol. The Labute approximate surface area is 149 Å². The second-order valence-electron chi connectivity index (χ2n) is 5.43. The molecular formula is C18H16N4O4. The minimum absolute atomic E-state index is 0.0316. The summed E-state index contributed by atoms with van der Waals surface area (Å²) < 4.78 is 5.20. The standard InChI is InChI=1S/C18H16N4O4/c23-18(16-12-17(26-21-16)13-4-2-1-3-5-13)20-11-10-19-14-6-8-15(9-7-14)22(24)25/h1-9,12,19H,10-11H2,(H,20,23). The number of hydrogen-bond acceptors (Lipinski definition) is 6. The highest BCUT2D eigenvalue weighted by atomic mass is 16.6. The Morgan fingerprint density at radius 3 is 2.50 bits per heavy atom. The summed E-state index contributed by atoms with van der Waals surface area (Å²) in [6.07, 6.45) is 0. The molecule has 3 rings (SSSR count). The molecule has 2 N–H and O–H groups in total. The van der Waals surface area contributed by atoms with Crippen molar-refractivity contribution in [3.63, 3.8) is 0 Å². The molecule has 26 heavy (non-hydrogen) atoms. The van der Waals surface area contributed by atoms with Crippen molar-refractivity contribution in [2.24, 2.45) is 0 Å². The molecule has 0 bridgehead atoms. The van der Waals surface area contributed by atoms with Crippen LogP contribution in [-0.2, 0) is 0 Å². The first-order valence-corrected chi connectivity index (χ1v) is 7.92. The van der Waals surface area contributed by atoms with Gasteiger partial charge in [0.05, 0.1) is 4.92 Å². The van der Waals surface area contributed by atoms with Gasteiger partial charge in [-0.05, 0) is 12.1 Å². The van der Waals surface area contributed by atoms with Gasteiger partial charge in [0.15, 0.2) is 11.5 Å². The van der Waals surface area contributed by atoms with Crippen molar-refractivity contribution < 1.29 is 14.2 Å². The van der Waals surface area contributed by atoms with E-state index < -0.39 is 4.92 Å². The van der Waals surface area contributed by atoms with E-state index in [-0.39, 0.29) is 17.3 Å². The number of carbonyl (C=O) groups excluding carboxylic acids is 1. The van der Waals surface area contributed by atoms with Crippen LogP contribution >= 0.6 is 0 Å². The number of aromatic nitrogens is 1. The lowest BCUT2D eigenvalue weighted by molar-refractivity contribution is -0.384. The monoisotopic (exact) mass is 352 g/mol. The van der Waals surface area contributed by atoms with Crippen molar-refractivity contribution in [2.45, 2.75) is 0 Å². The summed E-state index contributed by atoms with van der Waals surface area (Å²) in [6.45, 7) is 0.830. The number of nitrogens with one attached hydrogen (secondary N) is 2. The molecule has 8 heteroatoms. The van der Waals surface area contributed by atoms with Crippen LogP contribution in [0.1, 0.15) is 10.5 Å². The molecule has 1 amide bonds. The third-order valence-electron chi connectivity index (χ3n) is 3.62. The summed E-state index contributed by atoms with van der Waals surface area (Å²) in [7, 11) is 0. The summed E-state index contributed by atoms with van der Waals surface area (Å²) in [5, 5.41) is 20.2. The van der Waals surface area contributed by atoms with Gasteiger partial charge < -0.3 is 15.2 Å². The molecule has 8 nitrogen and oxygen atoms in total. The largest absolute Gasteiger partial charge is 0.383 e. The lowest BCUT2D eigenvalue weighted by Crippen LogP contribution is -2.28. The van der Waals surface area contributed by atoms with Crippen LogP contribution in [-0.4, -0.2) is 29.1 Å². The van der Waals surface area contributed by atoms with Crippen LogP contribution in [0.25, 0.3) is 11.3 Å². The smallest absolute Gasteiger partial charge is 0.273 e. The molecule has 3 aromatic rings. The van der Waals surface area contributed by atoms with Crippen molar-refractivity contribution in [2.75, 3.05) is 18.4 Å². The second-order valence-corrected chi connectivity index (χ2v) is 5.43. The molecule has 0 spiro atoms. The number of nitro groups is 1. The first kappa shape index (κ1) is 17.2. The first-order valence-electron chi connectivity index (χ1n) is 7.92. The fourth-order valence-corrected chi connectivity index (χ4v) is 2.30. The van der Waals surface area contributed by atoms with Crippen molar-refractivity contribution >= 4 is 17.3 Å². The van der Waals surface area contributed by atoms with Crippen molar-refractivity contribution in [3.05, 3.63) is 76.5 Å². The van der Waals surface area contributed by atoms with Crippen LogP contribution in [0.2, 0.25) is 0 Å². The fourth-order valence-electron chi connectivity index (χ4n) is 2.30. The number of rotatable bonds is 7. The van der Waals surface area contributed by atoms with E-state index in [4.69, 9.17) is 4.52 Å². The van der Waals surface area contributed by atoms with Gasteiger partial charge in [0.2, 0.25) is 0 Å². The first-order chi connectivity index (χ1) is 12.6. The quantitative estimate of drug-likeness (QED) is 0.384. The SMILES string of the molecule is O=C(NCCNc1ccc([N+](=O)[O-])cc1)c1cc(-c2ccccc2)on1. The molecule has 0 aliphatic carbocycles. The number of amides is 1.